The highest BCUT2D eigenvalue weighted by molar-refractivity contribution is 9.10. The lowest BCUT2D eigenvalue weighted by Crippen LogP contribution is -2.30. The lowest BCUT2D eigenvalue weighted by atomic mass is 10.1. The first-order chi connectivity index (χ1) is 10.1. The van der Waals surface area contributed by atoms with Crippen LogP contribution < -0.4 is 5.32 Å². The summed E-state index contributed by atoms with van der Waals surface area (Å²) in [5.41, 5.74) is 1.43. The first kappa shape index (κ1) is 15.3. The van der Waals surface area contributed by atoms with Gasteiger partial charge in [0.15, 0.2) is 5.78 Å². The minimum atomic E-state index is -0.609. The Bertz CT molecular complexity index is 628. The minimum absolute atomic E-state index is 0.0932. The molecule has 0 saturated carbocycles. The summed E-state index contributed by atoms with van der Waals surface area (Å²) >= 11 is 3.30. The second-order valence-corrected chi connectivity index (χ2v) is 5.26. The van der Waals surface area contributed by atoms with Crippen molar-refractivity contribution in [2.75, 3.05) is 6.54 Å². The minimum Gasteiger partial charge on any atom is -0.445 e. The Morgan fingerprint density at radius 1 is 1.05 bits per heavy atom. The highest BCUT2D eigenvalue weighted by Gasteiger charge is 2.09. The molecular weight excluding hydrogens is 334 g/mol. The second-order valence-electron chi connectivity index (χ2n) is 4.35. The number of alkyl carbamates (subject to hydrolysis) is 1. The summed E-state index contributed by atoms with van der Waals surface area (Å²) in [6.07, 6.45) is -0.609. The highest BCUT2D eigenvalue weighted by atomic mass is 79.9. The lowest BCUT2D eigenvalue weighted by Gasteiger charge is -2.07. The first-order valence-electron chi connectivity index (χ1n) is 6.38. The number of ether oxygens (including phenoxy) is 1. The Kier molecular flexibility index (Phi) is 5.51. The molecule has 0 aliphatic heterocycles. The van der Waals surface area contributed by atoms with Gasteiger partial charge in [-0.1, -0.05) is 58.4 Å². The average molecular weight is 348 g/mol. The van der Waals surface area contributed by atoms with Crippen LogP contribution in [0.2, 0.25) is 0 Å². The van der Waals surface area contributed by atoms with E-state index < -0.39 is 6.09 Å². The molecule has 0 heterocycles. The van der Waals surface area contributed by atoms with Gasteiger partial charge in [0.25, 0.3) is 0 Å². The summed E-state index contributed by atoms with van der Waals surface area (Å²) in [6.45, 7) is 0.0851. The zero-order chi connectivity index (χ0) is 15.1. The fourth-order valence-electron chi connectivity index (χ4n) is 1.69. The summed E-state index contributed by atoms with van der Waals surface area (Å²) in [6, 6.07) is 16.4. The van der Waals surface area contributed by atoms with Gasteiger partial charge in [-0.05, 0) is 17.7 Å². The third-order valence-corrected chi connectivity index (χ3v) is 3.25. The van der Waals surface area contributed by atoms with Gasteiger partial charge in [-0.2, -0.15) is 0 Å². The van der Waals surface area contributed by atoms with Gasteiger partial charge in [-0.25, -0.2) is 4.79 Å². The average Bonchev–Trinajstić information content (AvgIpc) is 2.51. The molecule has 0 spiro atoms. The van der Waals surface area contributed by atoms with E-state index in [9.17, 15) is 9.59 Å². The molecule has 0 aliphatic carbocycles. The molecule has 1 N–H and O–H groups in total. The van der Waals surface area contributed by atoms with Crippen molar-refractivity contribution >= 4 is 27.8 Å². The van der Waals surface area contributed by atoms with Gasteiger partial charge in [0.2, 0.25) is 0 Å². The van der Waals surface area contributed by atoms with E-state index in [1.54, 1.807) is 18.2 Å². The lowest BCUT2D eigenvalue weighted by molar-refractivity contribution is 0.0974. The van der Waals surface area contributed by atoms with Crippen molar-refractivity contribution in [1.82, 2.24) is 5.32 Å². The Balaban J connectivity index is 1.77. The van der Waals surface area contributed by atoms with Crippen LogP contribution in [0.4, 0.5) is 4.79 Å². The number of rotatable bonds is 5. The number of Topliss-reactive ketones (excluding diaryl/α,β-unsaturated/α-hetero) is 1. The van der Waals surface area contributed by atoms with Crippen molar-refractivity contribution in [3.63, 3.8) is 0 Å². The molecule has 0 saturated heterocycles. The van der Waals surface area contributed by atoms with E-state index in [4.69, 9.17) is 4.74 Å². The topological polar surface area (TPSA) is 55.4 Å². The van der Waals surface area contributed by atoms with E-state index in [1.165, 1.54) is 0 Å². The van der Waals surface area contributed by atoms with Gasteiger partial charge < -0.3 is 10.1 Å². The van der Waals surface area contributed by atoms with Gasteiger partial charge in [-0.3, -0.25) is 4.79 Å². The Labute approximate surface area is 131 Å². The Hall–Kier alpha value is -2.14. The van der Waals surface area contributed by atoms with Crippen LogP contribution in [-0.2, 0) is 11.3 Å². The van der Waals surface area contributed by atoms with Gasteiger partial charge in [0, 0.05) is 10.0 Å². The number of halogens is 1. The van der Waals surface area contributed by atoms with Crippen molar-refractivity contribution in [3.8, 4) is 0 Å². The molecule has 2 rings (SSSR count). The normalized spacial score (nSPS) is 9.95. The maximum atomic E-state index is 11.9. The number of amides is 1. The van der Waals surface area contributed by atoms with E-state index in [-0.39, 0.29) is 18.9 Å². The summed E-state index contributed by atoms with van der Waals surface area (Å²) < 4.78 is 5.85. The summed E-state index contributed by atoms with van der Waals surface area (Å²) in [4.78, 5) is 23.4. The molecule has 1 amide bonds. The maximum absolute atomic E-state index is 11.9. The van der Waals surface area contributed by atoms with Crippen LogP contribution in [0.3, 0.4) is 0 Å². The summed E-state index contributed by atoms with van der Waals surface area (Å²) in [5, 5.41) is 2.44. The molecule has 0 atom stereocenters. The SMILES string of the molecule is O=C(NCC(=O)c1cccc(Br)c1)OCc1ccccc1. The van der Waals surface area contributed by atoms with Crippen molar-refractivity contribution in [2.24, 2.45) is 0 Å². The largest absolute Gasteiger partial charge is 0.445 e. The monoisotopic (exact) mass is 347 g/mol. The number of carbonyl (C=O) groups excluding carboxylic acids is 2. The zero-order valence-electron chi connectivity index (χ0n) is 11.2. The van der Waals surface area contributed by atoms with Crippen LogP contribution in [0.1, 0.15) is 15.9 Å². The third-order valence-electron chi connectivity index (χ3n) is 2.75. The Morgan fingerprint density at radius 2 is 1.81 bits per heavy atom. The predicted molar refractivity (Wildman–Crippen MR) is 83.1 cm³/mol. The molecule has 0 unspecified atom stereocenters. The van der Waals surface area contributed by atoms with Crippen LogP contribution in [-0.4, -0.2) is 18.4 Å². The molecule has 108 valence electrons. The number of hydrogen-bond acceptors (Lipinski definition) is 3. The summed E-state index contributed by atoms with van der Waals surface area (Å²) in [5.74, 6) is -0.173. The van der Waals surface area contributed by atoms with Crippen molar-refractivity contribution in [3.05, 3.63) is 70.2 Å². The molecule has 0 fully saturated rings. The maximum Gasteiger partial charge on any atom is 0.407 e. The molecule has 2 aromatic rings. The van der Waals surface area contributed by atoms with Crippen molar-refractivity contribution in [1.29, 1.82) is 0 Å². The zero-order valence-corrected chi connectivity index (χ0v) is 12.8. The fourth-order valence-corrected chi connectivity index (χ4v) is 2.09. The number of carbonyl (C=O) groups is 2. The molecule has 2 aromatic carbocycles. The van der Waals surface area contributed by atoms with Gasteiger partial charge in [0.1, 0.15) is 6.61 Å². The third kappa shape index (κ3) is 5.04. The smallest absolute Gasteiger partial charge is 0.407 e. The molecule has 0 bridgehead atoms. The van der Waals surface area contributed by atoms with E-state index >= 15 is 0 Å². The second kappa shape index (κ2) is 7.59. The molecular formula is C16H14BrNO3. The van der Waals surface area contributed by atoms with Crippen LogP contribution in [0.15, 0.2) is 59.1 Å². The number of benzene rings is 2. The van der Waals surface area contributed by atoms with Crippen LogP contribution in [0, 0.1) is 0 Å². The van der Waals surface area contributed by atoms with E-state index in [2.05, 4.69) is 21.2 Å². The van der Waals surface area contributed by atoms with Gasteiger partial charge >= 0.3 is 6.09 Å². The van der Waals surface area contributed by atoms with Gasteiger partial charge in [0.05, 0.1) is 6.54 Å². The molecule has 0 aliphatic rings. The Morgan fingerprint density at radius 3 is 2.52 bits per heavy atom. The fraction of sp³-hybridized carbons (Fsp3) is 0.125. The number of nitrogens with one attached hydrogen (secondary N) is 1. The van der Waals surface area contributed by atoms with Crippen molar-refractivity contribution in [2.45, 2.75) is 6.61 Å². The number of ketones is 1. The van der Waals surface area contributed by atoms with Crippen LogP contribution in [0.5, 0.6) is 0 Å². The number of hydrogen-bond donors (Lipinski definition) is 1. The molecule has 21 heavy (non-hydrogen) atoms. The standard InChI is InChI=1S/C16H14BrNO3/c17-14-8-4-7-13(9-14)15(19)10-18-16(20)21-11-12-5-2-1-3-6-12/h1-9H,10-11H2,(H,18,20). The molecule has 0 radical (unpaired) electrons. The summed E-state index contributed by atoms with van der Waals surface area (Å²) in [7, 11) is 0. The molecule has 0 aromatic heterocycles. The van der Waals surface area contributed by atoms with Crippen LogP contribution in [0.25, 0.3) is 0 Å². The molecule has 5 heteroatoms. The van der Waals surface area contributed by atoms with Crippen molar-refractivity contribution < 1.29 is 14.3 Å². The quantitative estimate of drug-likeness (QED) is 0.841. The highest BCUT2D eigenvalue weighted by Crippen LogP contribution is 2.11. The van der Waals surface area contributed by atoms with E-state index in [0.29, 0.717) is 5.56 Å². The van der Waals surface area contributed by atoms with Crippen LogP contribution >= 0.6 is 15.9 Å². The molecule has 4 nitrogen and oxygen atoms in total. The van der Waals surface area contributed by atoms with E-state index in [1.807, 2.05) is 36.4 Å². The predicted octanol–water partition coefficient (Wildman–Crippen LogP) is 3.56. The first-order valence-corrected chi connectivity index (χ1v) is 7.18. The van der Waals surface area contributed by atoms with Gasteiger partial charge in [-0.15, -0.1) is 0 Å². The van der Waals surface area contributed by atoms with E-state index in [0.717, 1.165) is 10.0 Å².